The summed E-state index contributed by atoms with van der Waals surface area (Å²) in [5, 5.41) is 13.6. The molecule has 0 saturated heterocycles. The monoisotopic (exact) mass is 168 g/mol. The van der Waals surface area contributed by atoms with Crippen LogP contribution in [0.5, 0.6) is 0 Å². The van der Waals surface area contributed by atoms with E-state index in [4.69, 9.17) is 0 Å². The molecule has 12 heavy (non-hydrogen) atoms. The molecule has 0 fully saturated rings. The van der Waals surface area contributed by atoms with Crippen molar-refractivity contribution >= 4 is 6.72 Å². The minimum Gasteiger partial charge on any atom is -0.333 e. The molecule has 4 heteroatoms. The Labute approximate surface area is 71.8 Å². The fourth-order valence-electron chi connectivity index (χ4n) is 1.01. The Kier molecular flexibility index (Phi) is 2.28. The highest BCUT2D eigenvalue weighted by atomic mass is 16.3. The number of aromatic nitrogens is 2. The van der Waals surface area contributed by atoms with Gasteiger partial charge in [-0.1, -0.05) is 0 Å². The fourth-order valence-corrected chi connectivity index (χ4v) is 1.01. The van der Waals surface area contributed by atoms with Crippen LogP contribution in [0.25, 0.3) is 0 Å². The molecule has 1 aromatic rings. The zero-order chi connectivity index (χ0) is 9.30. The van der Waals surface area contributed by atoms with Crippen molar-refractivity contribution in [1.82, 2.24) is 9.78 Å². The lowest BCUT2D eigenvalue weighted by Gasteiger charge is -2.04. The first-order valence-electron chi connectivity index (χ1n) is 3.74. The van der Waals surface area contributed by atoms with Gasteiger partial charge in [0.15, 0.2) is 0 Å². The van der Waals surface area contributed by atoms with Crippen LogP contribution in [0.3, 0.4) is 0 Å². The van der Waals surface area contributed by atoms with Crippen molar-refractivity contribution in [2.75, 3.05) is 7.05 Å². The van der Waals surface area contributed by atoms with Crippen LogP contribution >= 0.6 is 0 Å². The van der Waals surface area contributed by atoms with Crippen molar-refractivity contribution in [3.8, 4) is 0 Å². The number of rotatable bonds is 2. The molecule has 0 aliphatic heterocycles. The molecule has 66 valence electrons. The van der Waals surface area contributed by atoms with Gasteiger partial charge in [-0.3, -0.25) is 4.68 Å². The number of hydrogen-bond donors (Lipinski definition) is 1. The lowest BCUT2D eigenvalue weighted by molar-refractivity contribution is -0.585. The molecule has 4 nitrogen and oxygen atoms in total. The Balaban J connectivity index is 3.03. The second-order valence-corrected chi connectivity index (χ2v) is 2.94. The first-order chi connectivity index (χ1) is 5.54. The second-order valence-electron chi connectivity index (χ2n) is 2.94. The third-order valence-corrected chi connectivity index (χ3v) is 1.97. The van der Waals surface area contributed by atoms with Gasteiger partial charge in [0.1, 0.15) is 13.8 Å². The standard InChI is InChI=1S/C8H14N3O/c1-6-7(5-9-11(6)4)8(12)10(2)3/h5,8,12H,2H2,1,3-4H3/q+1. The van der Waals surface area contributed by atoms with E-state index >= 15 is 0 Å². The Morgan fingerprint density at radius 1 is 1.75 bits per heavy atom. The van der Waals surface area contributed by atoms with Crippen LogP contribution in [0, 0.1) is 6.92 Å². The predicted octanol–water partition coefficient (Wildman–Crippen LogP) is 0.0623. The number of nitrogens with zero attached hydrogens (tertiary/aromatic N) is 3. The molecule has 0 spiro atoms. The molecule has 0 aliphatic rings. The van der Waals surface area contributed by atoms with Crippen LogP contribution in [-0.4, -0.2) is 33.2 Å². The molecule has 0 aliphatic carbocycles. The van der Waals surface area contributed by atoms with Crippen molar-refractivity contribution in [2.24, 2.45) is 7.05 Å². The van der Waals surface area contributed by atoms with E-state index < -0.39 is 6.23 Å². The second kappa shape index (κ2) is 3.06. The van der Waals surface area contributed by atoms with Gasteiger partial charge in [0.25, 0.3) is 6.23 Å². The van der Waals surface area contributed by atoms with Crippen LogP contribution in [0.2, 0.25) is 0 Å². The maximum absolute atomic E-state index is 9.60. The quantitative estimate of drug-likeness (QED) is 0.385. The van der Waals surface area contributed by atoms with Crippen molar-refractivity contribution in [2.45, 2.75) is 13.2 Å². The molecule has 0 amide bonds. The van der Waals surface area contributed by atoms with Gasteiger partial charge in [-0.25, -0.2) is 4.58 Å². The van der Waals surface area contributed by atoms with Gasteiger partial charge < -0.3 is 5.11 Å². The Hall–Kier alpha value is -1.16. The molecule has 0 saturated carbocycles. The van der Waals surface area contributed by atoms with E-state index in [2.05, 4.69) is 11.8 Å². The molecule has 0 bridgehead atoms. The Morgan fingerprint density at radius 3 is 2.67 bits per heavy atom. The molecule has 0 aromatic carbocycles. The topological polar surface area (TPSA) is 41.1 Å². The van der Waals surface area contributed by atoms with Crippen LogP contribution < -0.4 is 0 Å². The minimum absolute atomic E-state index is 0.668. The van der Waals surface area contributed by atoms with Crippen molar-refractivity contribution in [3.05, 3.63) is 17.5 Å². The lowest BCUT2D eigenvalue weighted by Crippen LogP contribution is -2.12. The molecule has 1 heterocycles. The van der Waals surface area contributed by atoms with Gasteiger partial charge in [0, 0.05) is 12.7 Å². The average molecular weight is 168 g/mol. The highest BCUT2D eigenvalue weighted by Gasteiger charge is 2.19. The molecule has 1 rings (SSSR count). The van der Waals surface area contributed by atoms with Crippen molar-refractivity contribution < 1.29 is 9.68 Å². The highest BCUT2D eigenvalue weighted by Crippen LogP contribution is 2.15. The number of aryl methyl sites for hydroxylation is 1. The molecule has 0 radical (unpaired) electrons. The van der Waals surface area contributed by atoms with Crippen LogP contribution in [0.4, 0.5) is 0 Å². The number of hydrogen-bond acceptors (Lipinski definition) is 2. The number of aliphatic hydroxyl groups is 1. The molecular formula is C8H14N3O+. The summed E-state index contributed by atoms with van der Waals surface area (Å²) in [6, 6.07) is 0. The fraction of sp³-hybridized carbons (Fsp3) is 0.500. The van der Waals surface area contributed by atoms with E-state index in [9.17, 15) is 5.11 Å². The van der Waals surface area contributed by atoms with Crippen molar-refractivity contribution in [1.29, 1.82) is 0 Å². The third kappa shape index (κ3) is 1.38. The Morgan fingerprint density at radius 2 is 2.33 bits per heavy atom. The van der Waals surface area contributed by atoms with E-state index in [-0.39, 0.29) is 0 Å². The summed E-state index contributed by atoms with van der Waals surface area (Å²) in [4.78, 5) is 0. The van der Waals surface area contributed by atoms with Crippen LogP contribution in [-0.2, 0) is 7.05 Å². The zero-order valence-electron chi connectivity index (χ0n) is 7.65. The van der Waals surface area contributed by atoms with Gasteiger partial charge in [-0.2, -0.15) is 5.10 Å². The van der Waals surface area contributed by atoms with Gasteiger partial charge in [0.2, 0.25) is 0 Å². The molecule has 1 atom stereocenters. The maximum atomic E-state index is 9.60. The summed E-state index contributed by atoms with van der Waals surface area (Å²) >= 11 is 0. The van der Waals surface area contributed by atoms with Gasteiger partial charge in [-0.05, 0) is 6.92 Å². The highest BCUT2D eigenvalue weighted by molar-refractivity contribution is 5.19. The predicted molar refractivity (Wildman–Crippen MR) is 46.2 cm³/mol. The van der Waals surface area contributed by atoms with Gasteiger partial charge in [-0.15, -0.1) is 0 Å². The number of aliphatic hydroxyl groups excluding tert-OH is 1. The van der Waals surface area contributed by atoms with E-state index in [1.807, 2.05) is 14.0 Å². The normalized spacial score (nSPS) is 13.0. The first-order valence-corrected chi connectivity index (χ1v) is 3.74. The van der Waals surface area contributed by atoms with E-state index in [1.54, 1.807) is 17.9 Å². The summed E-state index contributed by atoms with van der Waals surface area (Å²) < 4.78 is 3.21. The van der Waals surface area contributed by atoms with Gasteiger partial charge in [0.05, 0.1) is 11.8 Å². The molecule has 1 aromatic heterocycles. The molecular weight excluding hydrogens is 154 g/mol. The van der Waals surface area contributed by atoms with E-state index in [0.29, 0.717) is 0 Å². The molecule has 1 N–H and O–H groups in total. The van der Waals surface area contributed by atoms with E-state index in [0.717, 1.165) is 11.3 Å². The lowest BCUT2D eigenvalue weighted by atomic mass is 10.2. The minimum atomic E-state index is -0.668. The maximum Gasteiger partial charge on any atom is 0.284 e. The SMILES string of the molecule is C=[N+](C)C(O)c1cnn(C)c1C. The summed E-state index contributed by atoms with van der Waals surface area (Å²) in [5.74, 6) is 0. The average Bonchev–Trinajstić information content (AvgIpc) is 2.32. The summed E-state index contributed by atoms with van der Waals surface area (Å²) in [6.07, 6.45) is 0.987. The van der Waals surface area contributed by atoms with Gasteiger partial charge >= 0.3 is 0 Å². The zero-order valence-corrected chi connectivity index (χ0v) is 7.65. The first kappa shape index (κ1) is 8.93. The summed E-state index contributed by atoms with van der Waals surface area (Å²) in [6.45, 7) is 5.52. The Bertz CT molecular complexity index is 303. The molecule has 1 unspecified atom stereocenters. The van der Waals surface area contributed by atoms with E-state index in [1.165, 1.54) is 4.58 Å². The van der Waals surface area contributed by atoms with Crippen LogP contribution in [0.1, 0.15) is 17.5 Å². The smallest absolute Gasteiger partial charge is 0.284 e. The van der Waals surface area contributed by atoms with Crippen molar-refractivity contribution in [3.63, 3.8) is 0 Å². The largest absolute Gasteiger partial charge is 0.333 e. The summed E-state index contributed by atoms with van der Waals surface area (Å²) in [5.41, 5.74) is 1.76. The van der Waals surface area contributed by atoms with Crippen LogP contribution in [0.15, 0.2) is 6.20 Å². The third-order valence-electron chi connectivity index (χ3n) is 1.97. The summed E-state index contributed by atoms with van der Waals surface area (Å²) in [7, 11) is 3.56.